The zero-order valence-corrected chi connectivity index (χ0v) is 14.2. The van der Waals surface area contributed by atoms with Crippen molar-refractivity contribution in [3.8, 4) is 21.1 Å². The van der Waals surface area contributed by atoms with Crippen molar-refractivity contribution < 1.29 is 4.79 Å². The molecule has 0 aliphatic carbocycles. The van der Waals surface area contributed by atoms with Crippen molar-refractivity contribution in [2.24, 2.45) is 0 Å². The lowest BCUT2D eigenvalue weighted by molar-refractivity contribution is 0.103. The second kappa shape index (κ2) is 6.47. The fourth-order valence-electron chi connectivity index (χ4n) is 2.43. The van der Waals surface area contributed by atoms with Gasteiger partial charge in [0.05, 0.1) is 0 Å². The first kappa shape index (κ1) is 14.9. The summed E-state index contributed by atoms with van der Waals surface area (Å²) in [5, 5.41) is 5.81. The number of hydrogen-bond donors (Lipinski definition) is 0. The van der Waals surface area contributed by atoms with Crippen LogP contribution in [0.1, 0.15) is 15.9 Å². The molecule has 0 bridgehead atoms. The molecule has 2 aromatic heterocycles. The molecular weight excluding hydrogens is 336 g/mol. The van der Waals surface area contributed by atoms with Gasteiger partial charge in [-0.3, -0.25) is 4.79 Å². The van der Waals surface area contributed by atoms with Gasteiger partial charge in [0.25, 0.3) is 0 Å². The number of carbonyl (C=O) groups excluding carboxylic acids is 1. The highest BCUT2D eigenvalue weighted by Gasteiger charge is 2.10. The number of ketones is 1. The summed E-state index contributed by atoms with van der Waals surface area (Å²) in [6, 6.07) is 15.2. The quantitative estimate of drug-likeness (QED) is 0.478. The highest BCUT2D eigenvalue weighted by atomic mass is 32.1. The lowest BCUT2D eigenvalue weighted by Gasteiger charge is -2.04. The van der Waals surface area contributed by atoms with E-state index in [1.54, 1.807) is 35.1 Å². The van der Waals surface area contributed by atoms with Gasteiger partial charge in [0, 0.05) is 45.4 Å². The van der Waals surface area contributed by atoms with Crippen LogP contribution in [-0.2, 0) is 0 Å². The Balaban J connectivity index is 1.57. The number of rotatable bonds is 4. The third-order valence-corrected chi connectivity index (χ3v) is 5.30. The number of aromatic nitrogens is 2. The lowest BCUT2D eigenvalue weighted by atomic mass is 10.0. The fourth-order valence-corrected chi connectivity index (χ4v) is 3.72. The van der Waals surface area contributed by atoms with Crippen LogP contribution in [0.4, 0.5) is 0 Å². The summed E-state index contributed by atoms with van der Waals surface area (Å²) < 4.78 is 0. The molecule has 2 heterocycles. The van der Waals surface area contributed by atoms with Gasteiger partial charge in [-0.25, -0.2) is 9.97 Å². The maximum Gasteiger partial charge on any atom is 0.193 e. The fraction of sp³-hybridized carbons (Fsp3) is 0. The average Bonchev–Trinajstić information content (AvgIpc) is 3.35. The van der Waals surface area contributed by atoms with Crippen molar-refractivity contribution in [2.45, 2.75) is 0 Å². The number of carbonyl (C=O) groups is 1. The Morgan fingerprint density at radius 1 is 0.667 bits per heavy atom. The van der Waals surface area contributed by atoms with E-state index in [1.165, 1.54) is 0 Å². The summed E-state index contributed by atoms with van der Waals surface area (Å²) in [4.78, 5) is 21.2. The smallest absolute Gasteiger partial charge is 0.193 e. The van der Waals surface area contributed by atoms with Crippen LogP contribution < -0.4 is 0 Å². The van der Waals surface area contributed by atoms with Gasteiger partial charge < -0.3 is 0 Å². The molecule has 4 rings (SSSR count). The molecule has 0 saturated carbocycles. The maximum absolute atomic E-state index is 12.6. The van der Waals surface area contributed by atoms with Crippen LogP contribution in [-0.4, -0.2) is 15.8 Å². The van der Waals surface area contributed by atoms with E-state index in [-0.39, 0.29) is 5.78 Å². The Labute approximate surface area is 147 Å². The van der Waals surface area contributed by atoms with Gasteiger partial charge in [-0.1, -0.05) is 48.5 Å². The summed E-state index contributed by atoms with van der Waals surface area (Å²) in [5.41, 5.74) is 3.41. The van der Waals surface area contributed by atoms with Crippen LogP contribution in [0.25, 0.3) is 21.1 Å². The molecular formula is C19H12N2OS2. The standard InChI is InChI=1S/C19H12N2OS2/c22-17(13-1-5-15(6-2-13)18-20-9-11-23-18)14-3-7-16(8-4-14)19-21-10-12-24-19/h1-12H. The van der Waals surface area contributed by atoms with Crippen molar-refractivity contribution in [1.82, 2.24) is 9.97 Å². The number of hydrogen-bond acceptors (Lipinski definition) is 5. The largest absolute Gasteiger partial charge is 0.289 e. The Morgan fingerprint density at radius 3 is 1.42 bits per heavy atom. The number of thiazole rings is 2. The van der Waals surface area contributed by atoms with E-state index in [0.29, 0.717) is 11.1 Å². The Kier molecular flexibility index (Phi) is 4.02. The van der Waals surface area contributed by atoms with Crippen molar-refractivity contribution >= 4 is 28.5 Å². The van der Waals surface area contributed by atoms with E-state index in [0.717, 1.165) is 21.1 Å². The Morgan fingerprint density at radius 2 is 1.08 bits per heavy atom. The molecule has 116 valence electrons. The summed E-state index contributed by atoms with van der Waals surface area (Å²) in [6.07, 6.45) is 3.56. The summed E-state index contributed by atoms with van der Waals surface area (Å²) in [5.74, 6) is 0.0198. The molecule has 0 fully saturated rings. The molecule has 2 aromatic carbocycles. The number of nitrogens with zero attached hydrogens (tertiary/aromatic N) is 2. The topological polar surface area (TPSA) is 42.9 Å². The SMILES string of the molecule is O=C(c1ccc(-c2nccs2)cc1)c1ccc(-c2nccs2)cc1. The van der Waals surface area contributed by atoms with Crippen molar-refractivity contribution in [2.75, 3.05) is 0 Å². The minimum absolute atomic E-state index is 0.0198. The molecule has 0 aliphatic heterocycles. The molecule has 0 amide bonds. The van der Waals surface area contributed by atoms with Crippen molar-refractivity contribution in [3.05, 3.63) is 82.8 Å². The average molecular weight is 348 g/mol. The first-order chi connectivity index (χ1) is 11.8. The van der Waals surface area contributed by atoms with Crippen LogP contribution in [0.5, 0.6) is 0 Å². The highest BCUT2D eigenvalue weighted by Crippen LogP contribution is 2.24. The second-order valence-corrected chi connectivity index (χ2v) is 6.95. The van der Waals surface area contributed by atoms with Gasteiger partial charge in [0.2, 0.25) is 0 Å². The molecule has 0 unspecified atom stereocenters. The molecule has 0 aliphatic rings. The molecule has 24 heavy (non-hydrogen) atoms. The van der Waals surface area contributed by atoms with E-state index in [4.69, 9.17) is 0 Å². The molecule has 0 saturated heterocycles. The van der Waals surface area contributed by atoms with E-state index in [2.05, 4.69) is 9.97 Å². The highest BCUT2D eigenvalue weighted by molar-refractivity contribution is 7.13. The molecule has 0 N–H and O–H groups in total. The Hall–Kier alpha value is -2.63. The number of benzene rings is 2. The van der Waals surface area contributed by atoms with Crippen LogP contribution in [0.2, 0.25) is 0 Å². The van der Waals surface area contributed by atoms with Gasteiger partial charge in [0.15, 0.2) is 5.78 Å². The van der Waals surface area contributed by atoms with Gasteiger partial charge >= 0.3 is 0 Å². The Bertz CT molecular complexity index is 862. The summed E-state index contributed by atoms with van der Waals surface area (Å²) in [6.45, 7) is 0. The van der Waals surface area contributed by atoms with Crippen LogP contribution in [0.3, 0.4) is 0 Å². The summed E-state index contributed by atoms with van der Waals surface area (Å²) >= 11 is 3.17. The second-order valence-electron chi connectivity index (χ2n) is 5.16. The first-order valence-corrected chi connectivity index (χ1v) is 9.12. The van der Waals surface area contributed by atoms with Gasteiger partial charge in [-0.05, 0) is 0 Å². The zero-order chi connectivity index (χ0) is 16.4. The molecule has 0 radical (unpaired) electrons. The van der Waals surface area contributed by atoms with E-state index >= 15 is 0 Å². The third kappa shape index (κ3) is 2.91. The van der Waals surface area contributed by atoms with Crippen LogP contribution >= 0.6 is 22.7 Å². The van der Waals surface area contributed by atoms with Crippen molar-refractivity contribution in [1.29, 1.82) is 0 Å². The predicted octanol–water partition coefficient (Wildman–Crippen LogP) is 5.16. The van der Waals surface area contributed by atoms with Crippen LogP contribution in [0.15, 0.2) is 71.7 Å². The van der Waals surface area contributed by atoms with E-state index in [1.807, 2.05) is 59.3 Å². The minimum atomic E-state index is 0.0198. The molecule has 0 spiro atoms. The summed E-state index contributed by atoms with van der Waals surface area (Å²) in [7, 11) is 0. The first-order valence-electron chi connectivity index (χ1n) is 7.36. The normalized spacial score (nSPS) is 10.7. The molecule has 5 heteroatoms. The third-order valence-electron chi connectivity index (χ3n) is 3.65. The minimum Gasteiger partial charge on any atom is -0.289 e. The van der Waals surface area contributed by atoms with E-state index in [9.17, 15) is 4.79 Å². The molecule has 3 nitrogen and oxygen atoms in total. The lowest BCUT2D eigenvalue weighted by Crippen LogP contribution is -2.00. The monoisotopic (exact) mass is 348 g/mol. The van der Waals surface area contributed by atoms with Gasteiger partial charge in [0.1, 0.15) is 10.0 Å². The predicted molar refractivity (Wildman–Crippen MR) is 98.5 cm³/mol. The zero-order valence-electron chi connectivity index (χ0n) is 12.5. The van der Waals surface area contributed by atoms with E-state index < -0.39 is 0 Å². The molecule has 0 atom stereocenters. The van der Waals surface area contributed by atoms with Gasteiger partial charge in [-0.15, -0.1) is 22.7 Å². The maximum atomic E-state index is 12.6. The molecule has 4 aromatic rings. The van der Waals surface area contributed by atoms with Crippen LogP contribution in [0, 0.1) is 0 Å². The van der Waals surface area contributed by atoms with Crippen molar-refractivity contribution in [3.63, 3.8) is 0 Å². The van der Waals surface area contributed by atoms with Gasteiger partial charge in [-0.2, -0.15) is 0 Å².